The molecule has 0 aliphatic heterocycles. The van der Waals surface area contributed by atoms with Gasteiger partial charge in [-0.25, -0.2) is 4.98 Å². The second-order valence-corrected chi connectivity index (χ2v) is 6.34. The lowest BCUT2D eigenvalue weighted by Crippen LogP contribution is -2.04. The maximum absolute atomic E-state index is 12.7. The minimum atomic E-state index is -4.40. The summed E-state index contributed by atoms with van der Waals surface area (Å²) in [7, 11) is 1.49. The SMILES string of the molecule is COc1cc(OCc2nc(-c3ccc(C(F)(F)F)cc3)oc2C)cc(C(C)=O)c1. The van der Waals surface area contributed by atoms with Crippen molar-refractivity contribution in [3.8, 4) is 23.0 Å². The summed E-state index contributed by atoms with van der Waals surface area (Å²) in [5.41, 5.74) is 0.619. The fourth-order valence-corrected chi connectivity index (χ4v) is 2.62. The van der Waals surface area contributed by atoms with Gasteiger partial charge >= 0.3 is 6.18 Å². The van der Waals surface area contributed by atoms with Crippen LogP contribution in [0.4, 0.5) is 13.2 Å². The van der Waals surface area contributed by atoms with Gasteiger partial charge in [0.2, 0.25) is 5.89 Å². The molecule has 3 rings (SSSR count). The van der Waals surface area contributed by atoms with Crippen molar-refractivity contribution in [2.24, 2.45) is 0 Å². The zero-order chi connectivity index (χ0) is 21.2. The molecular formula is C21H18F3NO4. The average Bonchev–Trinajstić information content (AvgIpc) is 3.06. The molecule has 8 heteroatoms. The second-order valence-electron chi connectivity index (χ2n) is 6.34. The smallest absolute Gasteiger partial charge is 0.416 e. The molecule has 2 aromatic carbocycles. The Morgan fingerprint density at radius 2 is 1.76 bits per heavy atom. The molecule has 0 saturated carbocycles. The Morgan fingerprint density at radius 1 is 1.10 bits per heavy atom. The van der Waals surface area contributed by atoms with Crippen molar-refractivity contribution < 1.29 is 31.9 Å². The number of carbonyl (C=O) groups is 1. The third-order valence-corrected chi connectivity index (χ3v) is 4.25. The predicted molar refractivity (Wildman–Crippen MR) is 99.0 cm³/mol. The average molecular weight is 405 g/mol. The van der Waals surface area contributed by atoms with Crippen LogP contribution < -0.4 is 9.47 Å². The number of ketones is 1. The topological polar surface area (TPSA) is 61.6 Å². The predicted octanol–water partition coefficient (Wildman–Crippen LogP) is 5.46. The fraction of sp³-hybridized carbons (Fsp3) is 0.238. The summed E-state index contributed by atoms with van der Waals surface area (Å²) in [6, 6.07) is 9.41. The first-order valence-corrected chi connectivity index (χ1v) is 8.64. The molecule has 0 aliphatic carbocycles. The number of aromatic nitrogens is 1. The van der Waals surface area contributed by atoms with Gasteiger partial charge < -0.3 is 13.9 Å². The quantitative estimate of drug-likeness (QED) is 0.510. The van der Waals surface area contributed by atoms with E-state index in [2.05, 4.69) is 4.98 Å². The van der Waals surface area contributed by atoms with E-state index < -0.39 is 11.7 Å². The molecule has 1 heterocycles. The monoisotopic (exact) mass is 405 g/mol. The summed E-state index contributed by atoms with van der Waals surface area (Å²) in [5, 5.41) is 0. The number of nitrogens with zero attached hydrogens (tertiary/aromatic N) is 1. The van der Waals surface area contributed by atoms with Crippen molar-refractivity contribution >= 4 is 5.78 Å². The first-order valence-electron chi connectivity index (χ1n) is 8.64. The normalized spacial score (nSPS) is 11.4. The first kappa shape index (κ1) is 20.4. The van der Waals surface area contributed by atoms with Gasteiger partial charge in [-0.2, -0.15) is 13.2 Å². The lowest BCUT2D eigenvalue weighted by molar-refractivity contribution is -0.137. The standard InChI is InChI=1S/C21H18F3NO4/c1-12(26)15-8-17(27-3)10-18(9-15)28-11-19-13(2)29-20(25-19)14-4-6-16(7-5-14)21(22,23)24/h4-10H,11H2,1-3H3. The first-order chi connectivity index (χ1) is 13.7. The molecule has 5 nitrogen and oxygen atoms in total. The number of Topliss-reactive ketones (excluding diaryl/α,β-unsaturated/α-hetero) is 1. The van der Waals surface area contributed by atoms with E-state index in [0.29, 0.717) is 34.1 Å². The van der Waals surface area contributed by atoms with Crippen LogP contribution in [0, 0.1) is 6.92 Å². The van der Waals surface area contributed by atoms with E-state index in [1.807, 2.05) is 0 Å². The van der Waals surface area contributed by atoms with Crippen LogP contribution >= 0.6 is 0 Å². The number of methoxy groups -OCH3 is 1. The third kappa shape index (κ3) is 4.77. The van der Waals surface area contributed by atoms with Crippen molar-refractivity contribution in [2.45, 2.75) is 26.6 Å². The van der Waals surface area contributed by atoms with Crippen LogP contribution in [0.1, 0.15) is 34.3 Å². The number of aryl methyl sites for hydroxylation is 1. The van der Waals surface area contributed by atoms with E-state index in [4.69, 9.17) is 13.9 Å². The van der Waals surface area contributed by atoms with Gasteiger partial charge in [0.25, 0.3) is 0 Å². The molecule has 3 aromatic rings. The van der Waals surface area contributed by atoms with Crippen molar-refractivity contribution in [1.82, 2.24) is 4.98 Å². The molecule has 0 spiro atoms. The number of halogens is 3. The number of hydrogen-bond acceptors (Lipinski definition) is 5. The molecule has 0 fully saturated rings. The lowest BCUT2D eigenvalue weighted by atomic mass is 10.1. The molecule has 0 N–H and O–H groups in total. The summed E-state index contributed by atoms with van der Waals surface area (Å²) in [4.78, 5) is 15.9. The molecule has 29 heavy (non-hydrogen) atoms. The zero-order valence-corrected chi connectivity index (χ0v) is 16.0. The van der Waals surface area contributed by atoms with Crippen molar-refractivity contribution in [3.05, 3.63) is 65.0 Å². The fourth-order valence-electron chi connectivity index (χ4n) is 2.62. The van der Waals surface area contributed by atoms with E-state index in [9.17, 15) is 18.0 Å². The lowest BCUT2D eigenvalue weighted by Gasteiger charge is -2.09. The van der Waals surface area contributed by atoms with Crippen LogP contribution in [0.2, 0.25) is 0 Å². The van der Waals surface area contributed by atoms with E-state index >= 15 is 0 Å². The van der Waals surface area contributed by atoms with E-state index in [1.54, 1.807) is 25.1 Å². The van der Waals surface area contributed by atoms with Gasteiger partial charge in [-0.05, 0) is 50.2 Å². The van der Waals surface area contributed by atoms with Gasteiger partial charge in [-0.15, -0.1) is 0 Å². The molecular weight excluding hydrogens is 387 g/mol. The summed E-state index contributed by atoms with van der Waals surface area (Å²) in [6.45, 7) is 3.18. The van der Waals surface area contributed by atoms with E-state index in [0.717, 1.165) is 12.1 Å². The zero-order valence-electron chi connectivity index (χ0n) is 16.0. The van der Waals surface area contributed by atoms with Crippen LogP contribution in [-0.4, -0.2) is 17.9 Å². The minimum Gasteiger partial charge on any atom is -0.497 e. The highest BCUT2D eigenvalue weighted by atomic mass is 19.4. The number of alkyl halides is 3. The van der Waals surface area contributed by atoms with Gasteiger partial charge in [0.15, 0.2) is 5.78 Å². The highest BCUT2D eigenvalue weighted by molar-refractivity contribution is 5.94. The minimum absolute atomic E-state index is 0.0560. The Hall–Kier alpha value is -3.29. The van der Waals surface area contributed by atoms with Gasteiger partial charge in [0, 0.05) is 17.2 Å². The van der Waals surface area contributed by atoms with Gasteiger partial charge in [0.1, 0.15) is 29.6 Å². The van der Waals surface area contributed by atoms with Crippen molar-refractivity contribution in [2.75, 3.05) is 7.11 Å². The molecule has 0 aliphatic rings. The van der Waals surface area contributed by atoms with Gasteiger partial charge in [-0.3, -0.25) is 4.79 Å². The molecule has 0 saturated heterocycles. The largest absolute Gasteiger partial charge is 0.497 e. The van der Waals surface area contributed by atoms with Crippen LogP contribution in [0.5, 0.6) is 11.5 Å². The Balaban J connectivity index is 1.78. The Bertz CT molecular complexity index is 1020. The Kier molecular flexibility index (Phi) is 5.63. The summed E-state index contributed by atoms with van der Waals surface area (Å²) in [6.07, 6.45) is -4.40. The molecule has 0 radical (unpaired) electrons. The van der Waals surface area contributed by atoms with Crippen LogP contribution in [0.25, 0.3) is 11.5 Å². The van der Waals surface area contributed by atoms with E-state index in [-0.39, 0.29) is 18.3 Å². The Morgan fingerprint density at radius 3 is 2.34 bits per heavy atom. The molecule has 1 aromatic heterocycles. The second kappa shape index (κ2) is 7.98. The molecule has 0 amide bonds. The third-order valence-electron chi connectivity index (χ3n) is 4.25. The molecule has 0 bridgehead atoms. The Labute approximate surface area is 165 Å². The molecule has 0 atom stereocenters. The summed E-state index contributed by atoms with van der Waals surface area (Å²) < 4.78 is 54.6. The number of rotatable bonds is 6. The number of hydrogen-bond donors (Lipinski definition) is 0. The van der Waals surface area contributed by atoms with Crippen LogP contribution in [0.15, 0.2) is 46.9 Å². The number of carbonyl (C=O) groups excluding carboxylic acids is 1. The van der Waals surface area contributed by atoms with Gasteiger partial charge in [0.05, 0.1) is 12.7 Å². The highest BCUT2D eigenvalue weighted by Crippen LogP contribution is 2.31. The molecule has 0 unspecified atom stereocenters. The number of benzene rings is 2. The molecule has 152 valence electrons. The maximum atomic E-state index is 12.7. The number of ether oxygens (including phenoxy) is 2. The van der Waals surface area contributed by atoms with Crippen molar-refractivity contribution in [1.29, 1.82) is 0 Å². The number of oxazole rings is 1. The van der Waals surface area contributed by atoms with Gasteiger partial charge in [-0.1, -0.05) is 0 Å². The van der Waals surface area contributed by atoms with E-state index in [1.165, 1.54) is 26.2 Å². The summed E-state index contributed by atoms with van der Waals surface area (Å²) >= 11 is 0. The van der Waals surface area contributed by atoms with Crippen LogP contribution in [-0.2, 0) is 12.8 Å². The maximum Gasteiger partial charge on any atom is 0.416 e. The highest BCUT2D eigenvalue weighted by Gasteiger charge is 2.30. The summed E-state index contributed by atoms with van der Waals surface area (Å²) in [5.74, 6) is 1.46. The van der Waals surface area contributed by atoms with Crippen molar-refractivity contribution in [3.63, 3.8) is 0 Å². The van der Waals surface area contributed by atoms with Crippen LogP contribution in [0.3, 0.4) is 0 Å².